The largest absolute Gasteiger partial charge is 0.486 e. The van der Waals surface area contributed by atoms with Crippen molar-refractivity contribution < 1.29 is 19.1 Å². The van der Waals surface area contributed by atoms with Gasteiger partial charge in [0.2, 0.25) is 5.91 Å². The Kier molecular flexibility index (Phi) is 5.05. The van der Waals surface area contributed by atoms with Gasteiger partial charge in [-0.05, 0) is 43.2 Å². The molecule has 7 heteroatoms. The summed E-state index contributed by atoms with van der Waals surface area (Å²) in [6, 6.07) is 7.15. The maximum atomic E-state index is 12.9. The number of nitrogens with one attached hydrogen (secondary N) is 1. The Labute approximate surface area is 175 Å². The standard InChI is InChI=1S/C23H25N3O4/c1-14-10-15(2)21-18(28)13-23(30-19(21)11-14)5-8-26(9-6-23)22(29)17-4-7-24-20(12-17)25-16(3)27/h4,7,10-12H,5-6,8-9,13H2,1-3H3,(H,24,25,27). The van der Waals surface area contributed by atoms with Crippen molar-refractivity contribution in [2.75, 3.05) is 18.4 Å². The van der Waals surface area contributed by atoms with Gasteiger partial charge in [0.25, 0.3) is 5.91 Å². The molecule has 4 rings (SSSR count). The Morgan fingerprint density at radius 2 is 1.90 bits per heavy atom. The highest BCUT2D eigenvalue weighted by Crippen LogP contribution is 2.41. The van der Waals surface area contributed by atoms with E-state index in [2.05, 4.69) is 10.3 Å². The summed E-state index contributed by atoms with van der Waals surface area (Å²) >= 11 is 0. The highest BCUT2D eigenvalue weighted by molar-refractivity contribution is 6.02. The number of ether oxygens (including phenoxy) is 1. The van der Waals surface area contributed by atoms with E-state index in [-0.39, 0.29) is 17.6 Å². The SMILES string of the molecule is CC(=O)Nc1cc(C(=O)N2CCC3(CC2)CC(=O)c2c(C)cc(C)cc2O3)ccn1. The first-order chi connectivity index (χ1) is 14.3. The number of benzene rings is 1. The molecular weight excluding hydrogens is 382 g/mol. The molecule has 1 N–H and O–H groups in total. The molecule has 2 aromatic rings. The first kappa shape index (κ1) is 20.1. The van der Waals surface area contributed by atoms with Gasteiger partial charge < -0.3 is 15.0 Å². The summed E-state index contributed by atoms with van der Waals surface area (Å²) in [6.45, 7) is 6.34. The first-order valence-corrected chi connectivity index (χ1v) is 10.1. The van der Waals surface area contributed by atoms with Crippen molar-refractivity contribution in [2.24, 2.45) is 0 Å². The molecule has 0 saturated carbocycles. The van der Waals surface area contributed by atoms with Crippen LogP contribution >= 0.6 is 0 Å². The third-order valence-electron chi connectivity index (χ3n) is 5.80. The van der Waals surface area contributed by atoms with Gasteiger partial charge in [0.05, 0.1) is 12.0 Å². The molecule has 0 unspecified atom stereocenters. The number of rotatable bonds is 2. The van der Waals surface area contributed by atoms with Gasteiger partial charge >= 0.3 is 0 Å². The number of aryl methyl sites for hydroxylation is 2. The predicted octanol–water partition coefficient (Wildman–Crippen LogP) is 3.30. The molecular formula is C23H25N3O4. The number of anilines is 1. The van der Waals surface area contributed by atoms with E-state index in [0.717, 1.165) is 11.1 Å². The number of pyridine rings is 1. The van der Waals surface area contributed by atoms with Crippen LogP contribution in [0.2, 0.25) is 0 Å². The lowest BCUT2D eigenvalue weighted by Crippen LogP contribution is -2.52. The molecule has 0 aliphatic carbocycles. The minimum Gasteiger partial charge on any atom is -0.486 e. The van der Waals surface area contributed by atoms with Crippen LogP contribution in [0.4, 0.5) is 5.82 Å². The van der Waals surface area contributed by atoms with Crippen molar-refractivity contribution in [1.29, 1.82) is 0 Å². The van der Waals surface area contributed by atoms with Crippen molar-refractivity contribution >= 4 is 23.4 Å². The molecule has 7 nitrogen and oxygen atoms in total. The minimum atomic E-state index is -0.555. The van der Waals surface area contributed by atoms with Crippen LogP contribution in [0.1, 0.15) is 58.0 Å². The smallest absolute Gasteiger partial charge is 0.254 e. The summed E-state index contributed by atoms with van der Waals surface area (Å²) in [4.78, 5) is 42.9. The van der Waals surface area contributed by atoms with E-state index in [1.54, 1.807) is 17.0 Å². The van der Waals surface area contributed by atoms with Gasteiger partial charge in [0.1, 0.15) is 17.2 Å². The van der Waals surface area contributed by atoms with Crippen LogP contribution in [0.5, 0.6) is 5.75 Å². The zero-order valence-corrected chi connectivity index (χ0v) is 17.4. The molecule has 0 bridgehead atoms. The molecule has 1 fully saturated rings. The van der Waals surface area contributed by atoms with Crippen molar-refractivity contribution in [3.8, 4) is 5.75 Å². The summed E-state index contributed by atoms with van der Waals surface area (Å²) in [7, 11) is 0. The lowest BCUT2D eigenvalue weighted by molar-refractivity contribution is -0.114. The van der Waals surface area contributed by atoms with Gasteiger partial charge in [0.15, 0.2) is 5.78 Å². The van der Waals surface area contributed by atoms with Gasteiger partial charge in [-0.15, -0.1) is 0 Å². The van der Waals surface area contributed by atoms with E-state index in [9.17, 15) is 14.4 Å². The molecule has 2 aliphatic rings. The van der Waals surface area contributed by atoms with Crippen LogP contribution < -0.4 is 10.1 Å². The fraction of sp³-hybridized carbons (Fsp3) is 0.391. The molecule has 30 heavy (non-hydrogen) atoms. The Bertz CT molecular complexity index is 1040. The van der Waals surface area contributed by atoms with Crippen molar-refractivity contribution in [3.05, 3.63) is 52.7 Å². The number of fused-ring (bicyclic) bond motifs is 1. The average Bonchev–Trinajstić information content (AvgIpc) is 2.66. The highest BCUT2D eigenvalue weighted by atomic mass is 16.5. The average molecular weight is 407 g/mol. The van der Waals surface area contributed by atoms with Crippen LogP contribution in [0.3, 0.4) is 0 Å². The number of likely N-dealkylation sites (tertiary alicyclic amines) is 1. The van der Waals surface area contributed by atoms with E-state index in [4.69, 9.17) is 4.74 Å². The number of carbonyl (C=O) groups excluding carboxylic acids is 3. The molecule has 2 aliphatic heterocycles. The minimum absolute atomic E-state index is 0.114. The molecule has 0 radical (unpaired) electrons. The number of carbonyl (C=O) groups is 3. The van der Waals surface area contributed by atoms with Crippen molar-refractivity contribution in [2.45, 2.75) is 45.6 Å². The van der Waals surface area contributed by atoms with Gasteiger partial charge in [-0.1, -0.05) is 6.07 Å². The van der Waals surface area contributed by atoms with Crippen LogP contribution in [0, 0.1) is 13.8 Å². The van der Waals surface area contributed by atoms with Crippen LogP contribution in [-0.2, 0) is 4.79 Å². The fourth-order valence-corrected chi connectivity index (χ4v) is 4.41. The lowest BCUT2D eigenvalue weighted by Gasteiger charge is -2.44. The quantitative estimate of drug-likeness (QED) is 0.825. The third kappa shape index (κ3) is 3.79. The number of hydrogen-bond donors (Lipinski definition) is 1. The van der Waals surface area contributed by atoms with E-state index in [0.29, 0.717) is 55.0 Å². The Balaban J connectivity index is 1.48. The normalized spacial score (nSPS) is 17.3. The maximum absolute atomic E-state index is 12.9. The number of Topliss-reactive ketones (excluding diaryl/α,β-unsaturated/α-hetero) is 1. The van der Waals surface area contributed by atoms with Gasteiger partial charge in [-0.3, -0.25) is 14.4 Å². The second-order valence-electron chi connectivity index (χ2n) is 8.24. The van der Waals surface area contributed by atoms with Gasteiger partial charge in [-0.2, -0.15) is 0 Å². The van der Waals surface area contributed by atoms with Gasteiger partial charge in [0, 0.05) is 44.6 Å². The van der Waals surface area contributed by atoms with Gasteiger partial charge in [-0.25, -0.2) is 4.98 Å². The Morgan fingerprint density at radius 1 is 1.17 bits per heavy atom. The monoisotopic (exact) mass is 407 g/mol. The van der Waals surface area contributed by atoms with E-state index in [1.807, 2.05) is 26.0 Å². The van der Waals surface area contributed by atoms with E-state index < -0.39 is 5.60 Å². The summed E-state index contributed by atoms with van der Waals surface area (Å²) in [6.07, 6.45) is 3.05. The molecule has 0 atom stereocenters. The number of nitrogens with zero attached hydrogens (tertiary/aromatic N) is 2. The van der Waals surface area contributed by atoms with Crippen molar-refractivity contribution in [1.82, 2.24) is 9.88 Å². The van der Waals surface area contributed by atoms with Crippen LogP contribution in [0.15, 0.2) is 30.5 Å². The molecule has 1 saturated heterocycles. The van der Waals surface area contributed by atoms with Crippen LogP contribution in [-0.4, -0.2) is 46.2 Å². The maximum Gasteiger partial charge on any atom is 0.254 e. The number of ketones is 1. The first-order valence-electron chi connectivity index (χ1n) is 10.1. The second-order valence-corrected chi connectivity index (χ2v) is 8.24. The topological polar surface area (TPSA) is 88.6 Å². The Morgan fingerprint density at radius 3 is 2.60 bits per heavy atom. The zero-order chi connectivity index (χ0) is 21.5. The summed E-state index contributed by atoms with van der Waals surface area (Å²) < 4.78 is 6.37. The molecule has 1 spiro atoms. The molecule has 1 aromatic heterocycles. The summed E-state index contributed by atoms with van der Waals surface area (Å²) in [5.74, 6) is 0.774. The van der Waals surface area contributed by atoms with Crippen LogP contribution in [0.25, 0.3) is 0 Å². The third-order valence-corrected chi connectivity index (χ3v) is 5.80. The lowest BCUT2D eigenvalue weighted by atomic mass is 9.81. The number of hydrogen-bond acceptors (Lipinski definition) is 5. The summed E-state index contributed by atoms with van der Waals surface area (Å²) in [5, 5.41) is 2.59. The number of amides is 2. The fourth-order valence-electron chi connectivity index (χ4n) is 4.41. The molecule has 2 amide bonds. The second kappa shape index (κ2) is 7.55. The van der Waals surface area contributed by atoms with Crippen molar-refractivity contribution in [3.63, 3.8) is 0 Å². The number of piperidine rings is 1. The molecule has 3 heterocycles. The Hall–Kier alpha value is -3.22. The molecule has 156 valence electrons. The molecule has 1 aromatic carbocycles. The zero-order valence-electron chi connectivity index (χ0n) is 17.4. The number of aromatic nitrogens is 1. The summed E-state index contributed by atoms with van der Waals surface area (Å²) in [5.41, 5.74) is 2.62. The highest BCUT2D eigenvalue weighted by Gasteiger charge is 2.44. The predicted molar refractivity (Wildman–Crippen MR) is 112 cm³/mol. The van der Waals surface area contributed by atoms with E-state index >= 15 is 0 Å². The van der Waals surface area contributed by atoms with E-state index in [1.165, 1.54) is 13.1 Å².